The predicted octanol–water partition coefficient (Wildman–Crippen LogP) is 1.95. The first-order valence-corrected chi connectivity index (χ1v) is 5.17. The van der Waals surface area contributed by atoms with E-state index in [-0.39, 0.29) is 11.5 Å². The van der Waals surface area contributed by atoms with Gasteiger partial charge in [0.25, 0.3) is 0 Å². The highest BCUT2D eigenvalue weighted by Crippen LogP contribution is 2.17. The number of likely N-dealkylation sites (N-methyl/N-ethyl adjacent to an activating group) is 1. The molecule has 1 unspecified atom stereocenters. The Bertz CT molecular complexity index is 136. The summed E-state index contributed by atoms with van der Waals surface area (Å²) in [5.41, 5.74) is 6.30. The molecule has 0 aliphatic heterocycles. The van der Waals surface area contributed by atoms with Crippen LogP contribution in [0.4, 0.5) is 0 Å². The summed E-state index contributed by atoms with van der Waals surface area (Å²) >= 11 is 0. The molecule has 0 bridgehead atoms. The second kappa shape index (κ2) is 4.97. The molecule has 0 radical (unpaired) electrons. The molecule has 0 aromatic carbocycles. The number of nitrogens with zero attached hydrogens (tertiary/aromatic N) is 1. The third-order valence-corrected chi connectivity index (χ3v) is 2.30. The summed E-state index contributed by atoms with van der Waals surface area (Å²) in [5.74, 6) is 0.720. The van der Waals surface area contributed by atoms with Crippen molar-refractivity contribution in [1.29, 1.82) is 0 Å². The predicted molar refractivity (Wildman–Crippen MR) is 59.8 cm³/mol. The smallest absolute Gasteiger partial charge is 0.0217 e. The molecule has 0 heterocycles. The molecule has 0 saturated carbocycles. The van der Waals surface area contributed by atoms with Crippen LogP contribution in [0.15, 0.2) is 0 Å². The molecule has 0 amide bonds. The van der Waals surface area contributed by atoms with Crippen LogP contribution in [0, 0.1) is 11.3 Å². The van der Waals surface area contributed by atoms with Gasteiger partial charge in [0, 0.05) is 19.1 Å². The lowest BCUT2D eigenvalue weighted by Crippen LogP contribution is -2.44. The minimum atomic E-state index is 0.214. The van der Waals surface area contributed by atoms with Gasteiger partial charge in [-0.1, -0.05) is 34.6 Å². The lowest BCUT2D eigenvalue weighted by molar-refractivity contribution is 0.213. The summed E-state index contributed by atoms with van der Waals surface area (Å²) < 4.78 is 0. The van der Waals surface area contributed by atoms with Gasteiger partial charge in [-0.2, -0.15) is 0 Å². The molecule has 2 nitrogen and oxygen atoms in total. The van der Waals surface area contributed by atoms with Gasteiger partial charge in [-0.3, -0.25) is 0 Å². The van der Waals surface area contributed by atoms with Crippen LogP contribution < -0.4 is 5.73 Å². The largest absolute Gasteiger partial charge is 0.326 e. The van der Waals surface area contributed by atoms with E-state index in [2.05, 4.69) is 46.6 Å². The third kappa shape index (κ3) is 6.05. The number of hydrogen-bond donors (Lipinski definition) is 1. The van der Waals surface area contributed by atoms with E-state index in [4.69, 9.17) is 5.73 Å². The molecule has 0 spiro atoms. The van der Waals surface area contributed by atoms with Gasteiger partial charge in [-0.25, -0.2) is 0 Å². The fraction of sp³-hybridized carbons (Fsp3) is 1.00. The highest BCUT2D eigenvalue weighted by Gasteiger charge is 2.21. The molecule has 2 heteroatoms. The average molecular weight is 186 g/mol. The molecule has 0 saturated heterocycles. The lowest BCUT2D eigenvalue weighted by Gasteiger charge is -2.31. The Hall–Kier alpha value is -0.0800. The summed E-state index contributed by atoms with van der Waals surface area (Å²) in [6.07, 6.45) is 0. The topological polar surface area (TPSA) is 29.3 Å². The van der Waals surface area contributed by atoms with E-state index in [1.807, 2.05) is 0 Å². The van der Waals surface area contributed by atoms with Gasteiger partial charge in [0.05, 0.1) is 0 Å². The molecule has 0 aromatic heterocycles. The van der Waals surface area contributed by atoms with Crippen molar-refractivity contribution in [3.63, 3.8) is 0 Å². The Kier molecular flexibility index (Phi) is 4.93. The van der Waals surface area contributed by atoms with E-state index in [0.29, 0.717) is 0 Å². The Morgan fingerprint density at radius 1 is 1.15 bits per heavy atom. The fourth-order valence-electron chi connectivity index (χ4n) is 1.31. The van der Waals surface area contributed by atoms with Gasteiger partial charge in [0.2, 0.25) is 0 Å². The van der Waals surface area contributed by atoms with E-state index < -0.39 is 0 Å². The van der Waals surface area contributed by atoms with Crippen molar-refractivity contribution in [2.24, 2.45) is 17.1 Å². The van der Waals surface area contributed by atoms with E-state index in [1.165, 1.54) is 0 Å². The summed E-state index contributed by atoms with van der Waals surface area (Å²) in [7, 11) is 2.14. The minimum Gasteiger partial charge on any atom is -0.326 e. The molecular weight excluding hydrogens is 160 g/mol. The van der Waals surface area contributed by atoms with Crippen molar-refractivity contribution in [2.75, 3.05) is 20.1 Å². The van der Waals surface area contributed by atoms with Crippen LogP contribution in [0.3, 0.4) is 0 Å². The maximum Gasteiger partial charge on any atom is 0.0217 e. The van der Waals surface area contributed by atoms with Crippen LogP contribution in [-0.4, -0.2) is 31.1 Å². The molecule has 0 rings (SSSR count). The SMILES string of the molecule is CC(C)CN(C)CC(N)C(C)(C)C. The molecule has 13 heavy (non-hydrogen) atoms. The second-order valence-corrected chi connectivity index (χ2v) is 5.59. The molecule has 0 aliphatic rings. The van der Waals surface area contributed by atoms with Crippen molar-refractivity contribution in [3.8, 4) is 0 Å². The van der Waals surface area contributed by atoms with Crippen LogP contribution in [0.2, 0.25) is 0 Å². The molecule has 2 N–H and O–H groups in total. The molecule has 0 fully saturated rings. The monoisotopic (exact) mass is 186 g/mol. The summed E-state index contributed by atoms with van der Waals surface area (Å²) in [6.45, 7) is 13.2. The Balaban J connectivity index is 3.85. The van der Waals surface area contributed by atoms with E-state index in [0.717, 1.165) is 19.0 Å². The van der Waals surface area contributed by atoms with Crippen LogP contribution in [0.1, 0.15) is 34.6 Å². The minimum absolute atomic E-state index is 0.214. The first kappa shape index (κ1) is 12.9. The fourth-order valence-corrected chi connectivity index (χ4v) is 1.31. The summed E-state index contributed by atoms with van der Waals surface area (Å²) in [6, 6.07) is 0.260. The quantitative estimate of drug-likeness (QED) is 0.727. The average Bonchev–Trinajstić information content (AvgIpc) is 1.82. The van der Waals surface area contributed by atoms with Gasteiger partial charge < -0.3 is 10.6 Å². The van der Waals surface area contributed by atoms with Gasteiger partial charge in [0.1, 0.15) is 0 Å². The second-order valence-electron chi connectivity index (χ2n) is 5.59. The van der Waals surface area contributed by atoms with Crippen LogP contribution >= 0.6 is 0 Å². The van der Waals surface area contributed by atoms with Gasteiger partial charge in [0.15, 0.2) is 0 Å². The third-order valence-electron chi connectivity index (χ3n) is 2.30. The first-order valence-electron chi connectivity index (χ1n) is 5.17. The van der Waals surface area contributed by atoms with E-state index >= 15 is 0 Å². The standard InChI is InChI=1S/C11H26N2/c1-9(2)7-13(6)8-10(12)11(3,4)5/h9-10H,7-8,12H2,1-6H3. The van der Waals surface area contributed by atoms with Crippen LogP contribution in [-0.2, 0) is 0 Å². The number of hydrogen-bond acceptors (Lipinski definition) is 2. The highest BCUT2D eigenvalue weighted by atomic mass is 15.1. The Morgan fingerprint density at radius 2 is 1.62 bits per heavy atom. The zero-order valence-electron chi connectivity index (χ0n) is 10.1. The van der Waals surface area contributed by atoms with Gasteiger partial charge >= 0.3 is 0 Å². The zero-order valence-corrected chi connectivity index (χ0v) is 10.1. The Labute approximate surface area is 83.5 Å². The normalized spacial score (nSPS) is 15.5. The molecule has 80 valence electrons. The van der Waals surface area contributed by atoms with Crippen molar-refractivity contribution < 1.29 is 0 Å². The molecular formula is C11H26N2. The summed E-state index contributed by atoms with van der Waals surface area (Å²) in [5, 5.41) is 0. The molecule has 0 aliphatic carbocycles. The van der Waals surface area contributed by atoms with Crippen LogP contribution in [0.5, 0.6) is 0 Å². The maximum atomic E-state index is 6.09. The number of nitrogens with two attached hydrogens (primary N) is 1. The highest BCUT2D eigenvalue weighted by molar-refractivity contribution is 4.79. The van der Waals surface area contributed by atoms with Crippen molar-refractivity contribution in [3.05, 3.63) is 0 Å². The Morgan fingerprint density at radius 3 is 1.92 bits per heavy atom. The lowest BCUT2D eigenvalue weighted by atomic mass is 9.87. The number of rotatable bonds is 4. The van der Waals surface area contributed by atoms with E-state index in [1.54, 1.807) is 0 Å². The molecule has 1 atom stereocenters. The summed E-state index contributed by atoms with van der Waals surface area (Å²) in [4.78, 5) is 2.32. The van der Waals surface area contributed by atoms with Gasteiger partial charge in [-0.15, -0.1) is 0 Å². The van der Waals surface area contributed by atoms with Gasteiger partial charge in [-0.05, 0) is 18.4 Å². The van der Waals surface area contributed by atoms with E-state index in [9.17, 15) is 0 Å². The first-order chi connectivity index (χ1) is 5.73. The van der Waals surface area contributed by atoms with Crippen molar-refractivity contribution in [1.82, 2.24) is 4.90 Å². The zero-order chi connectivity index (χ0) is 10.6. The van der Waals surface area contributed by atoms with Crippen LogP contribution in [0.25, 0.3) is 0 Å². The van der Waals surface area contributed by atoms with Crippen molar-refractivity contribution in [2.45, 2.75) is 40.7 Å². The van der Waals surface area contributed by atoms with Crippen molar-refractivity contribution >= 4 is 0 Å². The maximum absolute atomic E-state index is 6.09. The molecule has 0 aromatic rings.